The lowest BCUT2D eigenvalue weighted by Crippen LogP contribution is -2.08. The zero-order chi connectivity index (χ0) is 10.8. The largest absolute Gasteiger partial charge is 0.501 e. The van der Waals surface area contributed by atoms with Crippen LogP contribution in [-0.2, 0) is 4.74 Å². The van der Waals surface area contributed by atoms with E-state index in [1.54, 1.807) is 6.07 Å². The highest BCUT2D eigenvalue weighted by molar-refractivity contribution is 7.20. The van der Waals surface area contributed by atoms with Crippen molar-refractivity contribution >= 4 is 40.3 Å². The first-order chi connectivity index (χ1) is 7.18. The van der Waals surface area contributed by atoms with Crippen LogP contribution in [0.3, 0.4) is 0 Å². The number of carbonyl (C=O) groups is 1. The minimum Gasteiger partial charge on any atom is -0.501 e. The highest BCUT2D eigenvalue weighted by Crippen LogP contribution is 2.33. The fourth-order valence-electron chi connectivity index (χ4n) is 1.40. The minimum atomic E-state index is -0.0807. The molecule has 2 heterocycles. The van der Waals surface area contributed by atoms with E-state index in [0.29, 0.717) is 26.4 Å². The molecule has 0 amide bonds. The highest BCUT2D eigenvalue weighted by Gasteiger charge is 2.19. The van der Waals surface area contributed by atoms with Crippen molar-refractivity contribution in [2.45, 2.75) is 12.8 Å². The van der Waals surface area contributed by atoms with Gasteiger partial charge in [0, 0.05) is 5.57 Å². The second-order valence-electron chi connectivity index (χ2n) is 3.18. The molecule has 0 saturated heterocycles. The summed E-state index contributed by atoms with van der Waals surface area (Å²) in [4.78, 5) is 11.9. The monoisotopic (exact) mass is 262 g/mol. The zero-order valence-corrected chi connectivity index (χ0v) is 10.1. The van der Waals surface area contributed by atoms with Crippen molar-refractivity contribution in [1.29, 1.82) is 0 Å². The Hall–Kier alpha value is -0.510. The lowest BCUT2D eigenvalue weighted by atomic mass is 10.0. The summed E-state index contributed by atoms with van der Waals surface area (Å²) in [5.41, 5.74) is 1.14. The number of hydrogen-bond acceptors (Lipinski definition) is 3. The number of hydrogen-bond donors (Lipinski definition) is 0. The van der Waals surface area contributed by atoms with Gasteiger partial charge in [0.1, 0.15) is 4.34 Å². The Kier molecular flexibility index (Phi) is 3.34. The number of ether oxygens (including phenoxy) is 1. The standard InChI is InChI=1S/C10H8Cl2O2S/c11-8-4-7(10(12)15-8)9(13)6-2-1-3-14-5-6/h4-5H,1-3H2. The molecule has 0 saturated carbocycles. The Morgan fingerprint density at radius 3 is 2.80 bits per heavy atom. The van der Waals surface area contributed by atoms with E-state index in [1.165, 1.54) is 17.6 Å². The summed E-state index contributed by atoms with van der Waals surface area (Å²) >= 11 is 12.9. The van der Waals surface area contributed by atoms with E-state index in [2.05, 4.69) is 0 Å². The third kappa shape index (κ3) is 2.36. The lowest BCUT2D eigenvalue weighted by Gasteiger charge is -2.11. The van der Waals surface area contributed by atoms with Crippen LogP contribution in [0.15, 0.2) is 17.9 Å². The van der Waals surface area contributed by atoms with Crippen LogP contribution in [0.5, 0.6) is 0 Å². The van der Waals surface area contributed by atoms with Gasteiger partial charge in [0.05, 0.1) is 22.8 Å². The predicted octanol–water partition coefficient (Wildman–Crippen LogP) is 3.93. The summed E-state index contributed by atoms with van der Waals surface area (Å²) in [6.45, 7) is 0.676. The van der Waals surface area contributed by atoms with Crippen LogP contribution in [0.25, 0.3) is 0 Å². The van der Waals surface area contributed by atoms with Gasteiger partial charge in [-0.15, -0.1) is 11.3 Å². The van der Waals surface area contributed by atoms with E-state index in [0.717, 1.165) is 12.8 Å². The van der Waals surface area contributed by atoms with Gasteiger partial charge in [-0.05, 0) is 18.9 Å². The Bertz CT molecular complexity index is 423. The molecule has 0 spiro atoms. The number of thiophene rings is 1. The van der Waals surface area contributed by atoms with Crippen LogP contribution in [0.2, 0.25) is 8.67 Å². The molecule has 1 aliphatic rings. The molecule has 2 nitrogen and oxygen atoms in total. The summed E-state index contributed by atoms with van der Waals surface area (Å²) in [5, 5.41) is 0. The first kappa shape index (κ1) is 11.0. The maximum absolute atomic E-state index is 11.9. The molecule has 0 atom stereocenters. The molecule has 1 aromatic heterocycles. The molecule has 0 aromatic carbocycles. The third-order valence-corrected chi connectivity index (χ3v) is 3.61. The van der Waals surface area contributed by atoms with Gasteiger partial charge in [-0.25, -0.2) is 0 Å². The van der Waals surface area contributed by atoms with Crippen molar-refractivity contribution in [1.82, 2.24) is 0 Å². The quantitative estimate of drug-likeness (QED) is 0.755. The Balaban J connectivity index is 2.27. The van der Waals surface area contributed by atoms with Gasteiger partial charge >= 0.3 is 0 Å². The van der Waals surface area contributed by atoms with Crippen molar-refractivity contribution in [3.05, 3.63) is 32.1 Å². The topological polar surface area (TPSA) is 26.3 Å². The molecule has 0 N–H and O–H groups in total. The number of carbonyl (C=O) groups excluding carboxylic acids is 1. The number of allylic oxidation sites excluding steroid dienone is 1. The number of halogens is 2. The molecule has 2 rings (SSSR count). The Morgan fingerprint density at radius 1 is 1.47 bits per heavy atom. The van der Waals surface area contributed by atoms with Crippen LogP contribution in [-0.4, -0.2) is 12.4 Å². The van der Waals surface area contributed by atoms with E-state index >= 15 is 0 Å². The van der Waals surface area contributed by atoms with E-state index in [-0.39, 0.29) is 5.78 Å². The fraction of sp³-hybridized carbons (Fsp3) is 0.300. The normalized spacial score (nSPS) is 15.7. The fourth-order valence-corrected chi connectivity index (χ4v) is 2.86. The van der Waals surface area contributed by atoms with Crippen molar-refractivity contribution in [2.75, 3.05) is 6.61 Å². The van der Waals surface area contributed by atoms with Crippen molar-refractivity contribution in [3.63, 3.8) is 0 Å². The molecule has 0 unspecified atom stereocenters. The van der Waals surface area contributed by atoms with Crippen molar-refractivity contribution < 1.29 is 9.53 Å². The average Bonchev–Trinajstić information content (AvgIpc) is 2.58. The van der Waals surface area contributed by atoms with Gasteiger partial charge < -0.3 is 4.74 Å². The summed E-state index contributed by atoms with van der Waals surface area (Å²) in [5.74, 6) is -0.0807. The molecular formula is C10H8Cl2O2S. The molecule has 5 heteroatoms. The van der Waals surface area contributed by atoms with Crippen LogP contribution < -0.4 is 0 Å². The molecule has 15 heavy (non-hydrogen) atoms. The van der Waals surface area contributed by atoms with Gasteiger partial charge in [-0.3, -0.25) is 4.79 Å². The number of Topliss-reactive ketones (excluding diaryl/α,β-unsaturated/α-hetero) is 1. The first-order valence-electron chi connectivity index (χ1n) is 4.48. The average molecular weight is 263 g/mol. The van der Waals surface area contributed by atoms with Gasteiger partial charge in [-0.1, -0.05) is 23.2 Å². The van der Waals surface area contributed by atoms with Gasteiger partial charge in [-0.2, -0.15) is 0 Å². The second kappa shape index (κ2) is 4.56. The molecule has 0 fully saturated rings. The van der Waals surface area contributed by atoms with E-state index in [4.69, 9.17) is 27.9 Å². The molecule has 0 bridgehead atoms. The zero-order valence-electron chi connectivity index (χ0n) is 7.76. The van der Waals surface area contributed by atoms with E-state index < -0.39 is 0 Å². The number of rotatable bonds is 2. The second-order valence-corrected chi connectivity index (χ2v) is 5.47. The van der Waals surface area contributed by atoms with E-state index in [9.17, 15) is 4.79 Å². The van der Waals surface area contributed by atoms with Crippen LogP contribution in [0, 0.1) is 0 Å². The summed E-state index contributed by atoms with van der Waals surface area (Å²) in [6, 6.07) is 1.60. The Morgan fingerprint density at radius 2 is 2.27 bits per heavy atom. The summed E-state index contributed by atoms with van der Waals surface area (Å²) < 4.78 is 6.09. The summed E-state index contributed by atoms with van der Waals surface area (Å²) in [7, 11) is 0. The third-order valence-electron chi connectivity index (χ3n) is 2.13. The smallest absolute Gasteiger partial charge is 0.194 e. The highest BCUT2D eigenvalue weighted by atomic mass is 35.5. The SMILES string of the molecule is O=C(C1=COCCC1)c1cc(Cl)sc1Cl. The van der Waals surface area contributed by atoms with Gasteiger partial charge in [0.25, 0.3) is 0 Å². The maximum atomic E-state index is 11.9. The molecule has 80 valence electrons. The van der Waals surface area contributed by atoms with Gasteiger partial charge in [0.2, 0.25) is 0 Å². The number of ketones is 1. The van der Waals surface area contributed by atoms with E-state index in [1.807, 2.05) is 0 Å². The molecule has 1 aromatic rings. The molecule has 0 aliphatic carbocycles. The van der Waals surface area contributed by atoms with Crippen LogP contribution in [0.1, 0.15) is 23.2 Å². The minimum absolute atomic E-state index is 0.0807. The molecule has 1 aliphatic heterocycles. The van der Waals surface area contributed by atoms with Crippen molar-refractivity contribution in [3.8, 4) is 0 Å². The molecular weight excluding hydrogens is 255 g/mol. The first-order valence-corrected chi connectivity index (χ1v) is 6.06. The molecule has 0 radical (unpaired) electrons. The lowest BCUT2D eigenvalue weighted by molar-refractivity contribution is 0.101. The van der Waals surface area contributed by atoms with Gasteiger partial charge in [0.15, 0.2) is 5.78 Å². The van der Waals surface area contributed by atoms with Crippen molar-refractivity contribution in [2.24, 2.45) is 0 Å². The van der Waals surface area contributed by atoms with Crippen LogP contribution >= 0.6 is 34.5 Å². The van der Waals surface area contributed by atoms with Crippen LogP contribution in [0.4, 0.5) is 0 Å². The Labute approximate surface area is 101 Å². The maximum Gasteiger partial charge on any atom is 0.194 e. The predicted molar refractivity (Wildman–Crippen MR) is 61.9 cm³/mol. The summed E-state index contributed by atoms with van der Waals surface area (Å²) in [6.07, 6.45) is 3.13.